The van der Waals surface area contributed by atoms with Crippen molar-refractivity contribution < 1.29 is 0 Å². The number of benzene rings is 1. The van der Waals surface area contributed by atoms with Gasteiger partial charge in [-0.05, 0) is 35.8 Å². The Balaban J connectivity index is 2.14. The normalized spacial score (nSPS) is 12.7. The standard InChI is InChI=1S/C12H17N5/c1-8-4-5-10(6-9(8)2)11(13)7-12-14-16-17(3)15-12/h4-6,11H,7,13H2,1-3H3. The first kappa shape index (κ1) is 11.7. The second kappa shape index (κ2) is 4.63. The van der Waals surface area contributed by atoms with Gasteiger partial charge in [-0.2, -0.15) is 4.80 Å². The fourth-order valence-corrected chi connectivity index (χ4v) is 1.71. The van der Waals surface area contributed by atoms with Crippen molar-refractivity contribution in [2.24, 2.45) is 12.8 Å². The molecule has 5 nitrogen and oxygen atoms in total. The van der Waals surface area contributed by atoms with Gasteiger partial charge < -0.3 is 5.73 Å². The number of nitrogens with two attached hydrogens (primary N) is 1. The van der Waals surface area contributed by atoms with Gasteiger partial charge >= 0.3 is 0 Å². The predicted molar refractivity (Wildman–Crippen MR) is 65.3 cm³/mol. The Morgan fingerprint density at radius 1 is 1.29 bits per heavy atom. The van der Waals surface area contributed by atoms with E-state index in [2.05, 4.69) is 47.5 Å². The Hall–Kier alpha value is -1.75. The van der Waals surface area contributed by atoms with Crippen LogP contribution in [0.1, 0.15) is 28.6 Å². The topological polar surface area (TPSA) is 69.6 Å². The highest BCUT2D eigenvalue weighted by molar-refractivity contribution is 5.31. The minimum Gasteiger partial charge on any atom is -0.324 e. The van der Waals surface area contributed by atoms with Crippen molar-refractivity contribution in [1.82, 2.24) is 20.2 Å². The molecule has 90 valence electrons. The number of tetrazole rings is 1. The van der Waals surface area contributed by atoms with Crippen LogP contribution in [0.3, 0.4) is 0 Å². The van der Waals surface area contributed by atoms with Crippen molar-refractivity contribution in [3.05, 3.63) is 40.7 Å². The number of hydrogen-bond donors (Lipinski definition) is 1. The summed E-state index contributed by atoms with van der Waals surface area (Å²) < 4.78 is 0. The van der Waals surface area contributed by atoms with Crippen molar-refractivity contribution in [2.45, 2.75) is 26.3 Å². The van der Waals surface area contributed by atoms with Gasteiger partial charge in [0.05, 0.1) is 7.05 Å². The van der Waals surface area contributed by atoms with Gasteiger partial charge in [0.2, 0.25) is 0 Å². The predicted octanol–water partition coefficient (Wildman–Crippen LogP) is 1.07. The number of nitrogens with zero attached hydrogens (tertiary/aromatic N) is 4. The minimum atomic E-state index is -0.0847. The Labute approximate surface area is 101 Å². The molecule has 0 radical (unpaired) electrons. The van der Waals surface area contributed by atoms with Crippen LogP contribution in [0.15, 0.2) is 18.2 Å². The van der Waals surface area contributed by atoms with Crippen LogP contribution in [0, 0.1) is 13.8 Å². The van der Waals surface area contributed by atoms with E-state index in [1.54, 1.807) is 7.05 Å². The van der Waals surface area contributed by atoms with Gasteiger partial charge in [0.15, 0.2) is 5.82 Å². The summed E-state index contributed by atoms with van der Waals surface area (Å²) in [5, 5.41) is 11.9. The lowest BCUT2D eigenvalue weighted by Gasteiger charge is -2.11. The Kier molecular flexibility index (Phi) is 3.19. The first-order chi connectivity index (χ1) is 8.06. The molecule has 0 amide bonds. The zero-order valence-electron chi connectivity index (χ0n) is 10.4. The van der Waals surface area contributed by atoms with Gasteiger partial charge in [0.25, 0.3) is 0 Å². The van der Waals surface area contributed by atoms with E-state index in [9.17, 15) is 0 Å². The first-order valence-electron chi connectivity index (χ1n) is 5.62. The molecule has 0 fully saturated rings. The SMILES string of the molecule is Cc1ccc(C(N)Cc2nnn(C)n2)cc1C. The monoisotopic (exact) mass is 231 g/mol. The van der Waals surface area contributed by atoms with Gasteiger partial charge in [-0.15, -0.1) is 10.2 Å². The zero-order valence-corrected chi connectivity index (χ0v) is 10.4. The highest BCUT2D eigenvalue weighted by Gasteiger charge is 2.11. The van der Waals surface area contributed by atoms with Gasteiger partial charge in [0, 0.05) is 12.5 Å². The largest absolute Gasteiger partial charge is 0.324 e. The second-order valence-electron chi connectivity index (χ2n) is 4.35. The highest BCUT2D eigenvalue weighted by atomic mass is 15.6. The molecule has 0 saturated heterocycles. The third-order valence-electron chi connectivity index (χ3n) is 2.91. The van der Waals surface area contributed by atoms with Crippen LogP contribution in [0.4, 0.5) is 0 Å². The maximum absolute atomic E-state index is 6.14. The van der Waals surface area contributed by atoms with Gasteiger partial charge in [-0.1, -0.05) is 18.2 Å². The molecule has 0 aliphatic rings. The van der Waals surface area contributed by atoms with E-state index in [-0.39, 0.29) is 6.04 Å². The molecule has 0 aliphatic heterocycles. The molecule has 0 spiro atoms. The molecule has 0 saturated carbocycles. The van der Waals surface area contributed by atoms with Gasteiger partial charge in [-0.25, -0.2) is 0 Å². The minimum absolute atomic E-state index is 0.0847. The molecule has 5 heteroatoms. The summed E-state index contributed by atoms with van der Waals surface area (Å²) in [5.41, 5.74) is 9.78. The lowest BCUT2D eigenvalue weighted by Crippen LogP contribution is -2.14. The zero-order chi connectivity index (χ0) is 12.4. The van der Waals surface area contributed by atoms with Crippen LogP contribution < -0.4 is 5.73 Å². The molecule has 1 unspecified atom stereocenters. The van der Waals surface area contributed by atoms with Gasteiger partial charge in [-0.3, -0.25) is 0 Å². The molecule has 1 heterocycles. The van der Waals surface area contributed by atoms with Crippen LogP contribution in [0.5, 0.6) is 0 Å². The third kappa shape index (κ3) is 2.68. The maximum atomic E-state index is 6.14. The molecule has 0 bridgehead atoms. The number of rotatable bonds is 3. The molecule has 17 heavy (non-hydrogen) atoms. The fraction of sp³-hybridized carbons (Fsp3) is 0.417. The van der Waals surface area contributed by atoms with Crippen molar-refractivity contribution in [3.8, 4) is 0 Å². The smallest absolute Gasteiger partial charge is 0.176 e. The molecule has 2 N–H and O–H groups in total. The summed E-state index contributed by atoms with van der Waals surface area (Å²) in [7, 11) is 1.75. The summed E-state index contributed by atoms with van der Waals surface area (Å²) in [6, 6.07) is 6.19. The molecular weight excluding hydrogens is 214 g/mol. The van der Waals surface area contributed by atoms with E-state index in [1.165, 1.54) is 15.9 Å². The summed E-state index contributed by atoms with van der Waals surface area (Å²) in [4.78, 5) is 1.45. The van der Waals surface area contributed by atoms with Crippen molar-refractivity contribution >= 4 is 0 Å². The molecular formula is C12H17N5. The lowest BCUT2D eigenvalue weighted by molar-refractivity contribution is 0.622. The van der Waals surface area contributed by atoms with E-state index < -0.39 is 0 Å². The fourth-order valence-electron chi connectivity index (χ4n) is 1.71. The summed E-state index contributed by atoms with van der Waals surface area (Å²) in [5.74, 6) is 0.679. The van der Waals surface area contributed by atoms with Crippen molar-refractivity contribution in [1.29, 1.82) is 0 Å². The Morgan fingerprint density at radius 2 is 2.06 bits per heavy atom. The number of aryl methyl sites for hydroxylation is 3. The maximum Gasteiger partial charge on any atom is 0.176 e. The van der Waals surface area contributed by atoms with Crippen molar-refractivity contribution in [3.63, 3.8) is 0 Å². The average Bonchev–Trinajstić information content (AvgIpc) is 2.68. The summed E-state index contributed by atoms with van der Waals surface area (Å²) in [6.07, 6.45) is 0.607. The molecule has 2 aromatic rings. The lowest BCUT2D eigenvalue weighted by atomic mass is 9.99. The molecule has 1 aromatic heterocycles. The average molecular weight is 231 g/mol. The van der Waals surface area contributed by atoms with Crippen LogP contribution in [-0.4, -0.2) is 20.2 Å². The number of hydrogen-bond acceptors (Lipinski definition) is 4. The molecule has 1 atom stereocenters. The molecule has 2 rings (SSSR count). The Morgan fingerprint density at radius 3 is 2.65 bits per heavy atom. The Bertz CT molecular complexity index is 517. The first-order valence-corrected chi connectivity index (χ1v) is 5.62. The highest BCUT2D eigenvalue weighted by Crippen LogP contribution is 2.17. The van der Waals surface area contributed by atoms with Crippen molar-refractivity contribution in [2.75, 3.05) is 0 Å². The molecule has 0 aliphatic carbocycles. The summed E-state index contributed by atoms with van der Waals surface area (Å²) in [6.45, 7) is 4.18. The van der Waals surface area contributed by atoms with Crippen LogP contribution in [0.2, 0.25) is 0 Å². The second-order valence-corrected chi connectivity index (χ2v) is 4.35. The number of aromatic nitrogens is 4. The summed E-state index contributed by atoms with van der Waals surface area (Å²) >= 11 is 0. The quantitative estimate of drug-likeness (QED) is 0.857. The van der Waals surface area contributed by atoms with Crippen LogP contribution in [-0.2, 0) is 13.5 Å². The van der Waals surface area contributed by atoms with E-state index in [0.29, 0.717) is 12.2 Å². The van der Waals surface area contributed by atoms with Gasteiger partial charge in [0.1, 0.15) is 0 Å². The molecule has 1 aromatic carbocycles. The van der Waals surface area contributed by atoms with E-state index in [1.807, 2.05) is 0 Å². The third-order valence-corrected chi connectivity index (χ3v) is 2.91. The van der Waals surface area contributed by atoms with Crippen LogP contribution in [0.25, 0.3) is 0 Å². The van der Waals surface area contributed by atoms with E-state index in [4.69, 9.17) is 5.73 Å². The van der Waals surface area contributed by atoms with Crippen LogP contribution >= 0.6 is 0 Å². The van der Waals surface area contributed by atoms with E-state index in [0.717, 1.165) is 5.56 Å². The van der Waals surface area contributed by atoms with E-state index >= 15 is 0 Å².